The largest absolute Gasteiger partial charge is 0.393 e. The number of methoxy groups -OCH3 is 1. The molecule has 1 aliphatic carbocycles. The van der Waals surface area contributed by atoms with Gasteiger partial charge in [0.1, 0.15) is 0 Å². The lowest BCUT2D eigenvalue weighted by molar-refractivity contribution is 0.199. The van der Waals surface area contributed by atoms with Gasteiger partial charge < -0.3 is 10.5 Å². The third kappa shape index (κ3) is 5.29. The molecule has 0 aromatic carbocycles. The van der Waals surface area contributed by atoms with Gasteiger partial charge in [-0.1, -0.05) is 12.2 Å². The third-order valence-electron chi connectivity index (χ3n) is 2.64. The number of sulfonamides is 1. The van der Waals surface area contributed by atoms with E-state index in [0.717, 1.165) is 12.8 Å². The summed E-state index contributed by atoms with van der Waals surface area (Å²) in [5.74, 6) is 0.134. The highest BCUT2D eigenvalue weighted by Gasteiger charge is 2.36. The van der Waals surface area contributed by atoms with Crippen molar-refractivity contribution in [2.45, 2.75) is 31.7 Å². The fraction of sp³-hybridized carbons (Fsp3) is 0.900. The SMILES string of the molecule is COCCCS(=O)(=O)N(CCC(N)=S)C1CC1. The number of rotatable bonds is 9. The molecule has 0 aromatic rings. The molecule has 100 valence electrons. The van der Waals surface area contributed by atoms with E-state index < -0.39 is 10.0 Å². The van der Waals surface area contributed by atoms with E-state index in [0.29, 0.717) is 31.0 Å². The van der Waals surface area contributed by atoms with Crippen LogP contribution in [0.2, 0.25) is 0 Å². The molecule has 7 heteroatoms. The summed E-state index contributed by atoms with van der Waals surface area (Å²) in [5.41, 5.74) is 5.42. The lowest BCUT2D eigenvalue weighted by Crippen LogP contribution is -2.37. The first-order valence-electron chi connectivity index (χ1n) is 5.74. The Labute approximate surface area is 108 Å². The quantitative estimate of drug-likeness (QED) is 0.492. The maximum absolute atomic E-state index is 12.1. The van der Waals surface area contributed by atoms with Gasteiger partial charge in [0, 0.05) is 32.7 Å². The highest BCUT2D eigenvalue weighted by atomic mass is 32.2. The van der Waals surface area contributed by atoms with Crippen LogP contribution in [0.15, 0.2) is 0 Å². The zero-order valence-electron chi connectivity index (χ0n) is 10.1. The van der Waals surface area contributed by atoms with E-state index in [1.807, 2.05) is 0 Å². The lowest BCUT2D eigenvalue weighted by Gasteiger charge is -2.21. The third-order valence-corrected chi connectivity index (χ3v) is 4.84. The Balaban J connectivity index is 2.52. The van der Waals surface area contributed by atoms with E-state index in [2.05, 4.69) is 0 Å². The molecule has 1 rings (SSSR count). The second kappa shape index (κ2) is 6.63. The van der Waals surface area contributed by atoms with Crippen molar-refractivity contribution >= 4 is 27.2 Å². The summed E-state index contributed by atoms with van der Waals surface area (Å²) >= 11 is 4.79. The summed E-state index contributed by atoms with van der Waals surface area (Å²) in [6.07, 6.45) is 2.87. The zero-order valence-corrected chi connectivity index (χ0v) is 11.7. The van der Waals surface area contributed by atoms with Crippen LogP contribution < -0.4 is 5.73 Å². The van der Waals surface area contributed by atoms with E-state index in [1.165, 1.54) is 0 Å². The molecule has 0 aliphatic heterocycles. The second-order valence-corrected chi connectivity index (χ2v) is 6.79. The van der Waals surface area contributed by atoms with E-state index >= 15 is 0 Å². The Morgan fingerprint density at radius 1 is 1.53 bits per heavy atom. The second-order valence-electron chi connectivity index (χ2n) is 4.22. The smallest absolute Gasteiger partial charge is 0.214 e. The Kier molecular flexibility index (Phi) is 5.78. The van der Waals surface area contributed by atoms with E-state index in [9.17, 15) is 8.42 Å². The standard InChI is InChI=1S/C10H20N2O3S2/c1-15-7-2-8-17(13,14)12(9-3-4-9)6-5-10(11)16/h9H,2-8H2,1H3,(H2,11,16). The van der Waals surface area contributed by atoms with Gasteiger partial charge in [0.15, 0.2) is 0 Å². The number of ether oxygens (including phenoxy) is 1. The van der Waals surface area contributed by atoms with Gasteiger partial charge in [0.25, 0.3) is 0 Å². The summed E-state index contributed by atoms with van der Waals surface area (Å²) in [6, 6.07) is 0.164. The molecule has 0 spiro atoms. The molecule has 0 heterocycles. The number of nitrogens with zero attached hydrogens (tertiary/aromatic N) is 1. The van der Waals surface area contributed by atoms with Crippen LogP contribution in [0.3, 0.4) is 0 Å². The molecule has 0 atom stereocenters. The molecule has 0 amide bonds. The van der Waals surface area contributed by atoms with Gasteiger partial charge in [-0.15, -0.1) is 0 Å². The fourth-order valence-electron chi connectivity index (χ4n) is 1.63. The minimum atomic E-state index is -3.19. The van der Waals surface area contributed by atoms with E-state index in [1.54, 1.807) is 11.4 Å². The summed E-state index contributed by atoms with van der Waals surface area (Å²) in [5, 5.41) is 0. The fourth-order valence-corrected chi connectivity index (χ4v) is 3.48. The summed E-state index contributed by atoms with van der Waals surface area (Å²) in [7, 11) is -1.62. The Hall–Kier alpha value is -0.240. The maximum atomic E-state index is 12.1. The molecule has 0 radical (unpaired) electrons. The van der Waals surface area contributed by atoms with Crippen molar-refractivity contribution < 1.29 is 13.2 Å². The molecule has 1 saturated carbocycles. The Bertz CT molecular complexity index is 353. The van der Waals surface area contributed by atoms with Crippen molar-refractivity contribution in [3.63, 3.8) is 0 Å². The van der Waals surface area contributed by atoms with Crippen LogP contribution >= 0.6 is 12.2 Å². The number of nitrogens with two attached hydrogens (primary N) is 1. The van der Waals surface area contributed by atoms with Crippen molar-refractivity contribution in [3.05, 3.63) is 0 Å². The lowest BCUT2D eigenvalue weighted by atomic mass is 10.4. The molecule has 0 bridgehead atoms. The topological polar surface area (TPSA) is 72.6 Å². The van der Waals surface area contributed by atoms with Gasteiger partial charge in [-0.25, -0.2) is 8.42 Å². The summed E-state index contributed by atoms with van der Waals surface area (Å²) < 4.78 is 30.6. The molecule has 5 nitrogen and oxygen atoms in total. The van der Waals surface area contributed by atoms with Gasteiger partial charge in [-0.05, 0) is 19.3 Å². The highest BCUT2D eigenvalue weighted by Crippen LogP contribution is 2.29. The average molecular weight is 280 g/mol. The van der Waals surface area contributed by atoms with E-state index in [-0.39, 0.29) is 11.8 Å². The molecule has 1 aliphatic rings. The Morgan fingerprint density at radius 2 is 2.18 bits per heavy atom. The van der Waals surface area contributed by atoms with E-state index in [4.69, 9.17) is 22.7 Å². The number of hydrogen-bond acceptors (Lipinski definition) is 4. The number of thiocarbonyl (C=S) groups is 1. The van der Waals surface area contributed by atoms with Gasteiger partial charge in [-0.2, -0.15) is 4.31 Å². The first kappa shape index (κ1) is 14.8. The van der Waals surface area contributed by atoms with Crippen molar-refractivity contribution in [2.24, 2.45) is 5.73 Å². The van der Waals surface area contributed by atoms with Crippen LogP contribution in [0.1, 0.15) is 25.7 Å². The minimum absolute atomic E-state index is 0.134. The predicted octanol–water partition coefficient (Wildman–Crippen LogP) is 0.493. The van der Waals surface area contributed by atoms with Crippen molar-refractivity contribution in [1.29, 1.82) is 0 Å². The zero-order chi connectivity index (χ0) is 12.9. The molecule has 0 unspecified atom stereocenters. The first-order valence-corrected chi connectivity index (χ1v) is 7.76. The molecule has 1 fully saturated rings. The highest BCUT2D eigenvalue weighted by molar-refractivity contribution is 7.89. The van der Waals surface area contributed by atoms with Gasteiger partial charge in [0.2, 0.25) is 10.0 Å². The number of hydrogen-bond donors (Lipinski definition) is 1. The van der Waals surface area contributed by atoms with Crippen molar-refractivity contribution in [1.82, 2.24) is 4.31 Å². The van der Waals surface area contributed by atoms with Gasteiger partial charge in [-0.3, -0.25) is 0 Å². The normalized spacial score (nSPS) is 16.4. The molecule has 17 heavy (non-hydrogen) atoms. The molecular weight excluding hydrogens is 260 g/mol. The predicted molar refractivity (Wildman–Crippen MR) is 71.4 cm³/mol. The first-order chi connectivity index (χ1) is 7.97. The van der Waals surface area contributed by atoms with Gasteiger partial charge >= 0.3 is 0 Å². The van der Waals surface area contributed by atoms with Crippen LogP contribution in [-0.4, -0.2) is 49.8 Å². The van der Waals surface area contributed by atoms with Crippen LogP contribution in [0, 0.1) is 0 Å². The van der Waals surface area contributed by atoms with Crippen LogP contribution in [0.4, 0.5) is 0 Å². The van der Waals surface area contributed by atoms with Crippen molar-refractivity contribution in [2.75, 3.05) is 26.0 Å². The molecular formula is C10H20N2O3S2. The molecule has 0 aromatic heterocycles. The average Bonchev–Trinajstić information content (AvgIpc) is 3.01. The van der Waals surface area contributed by atoms with Gasteiger partial charge in [0.05, 0.1) is 10.7 Å². The molecule has 0 saturated heterocycles. The molecule has 2 N–H and O–H groups in total. The van der Waals surface area contributed by atoms with Crippen molar-refractivity contribution in [3.8, 4) is 0 Å². The minimum Gasteiger partial charge on any atom is -0.393 e. The summed E-state index contributed by atoms with van der Waals surface area (Å²) in [6.45, 7) is 0.877. The van der Waals surface area contributed by atoms with Crippen LogP contribution in [-0.2, 0) is 14.8 Å². The Morgan fingerprint density at radius 3 is 2.65 bits per heavy atom. The summed E-state index contributed by atoms with van der Waals surface area (Å²) in [4.78, 5) is 0.364. The monoisotopic (exact) mass is 280 g/mol. The van der Waals surface area contributed by atoms with Crippen LogP contribution in [0.5, 0.6) is 0 Å². The maximum Gasteiger partial charge on any atom is 0.214 e. The van der Waals surface area contributed by atoms with Crippen LogP contribution in [0.25, 0.3) is 0 Å².